The average Bonchev–Trinajstić information content (AvgIpc) is 2.98. The van der Waals surface area contributed by atoms with Crippen LogP contribution in [0.1, 0.15) is 18.7 Å². The van der Waals surface area contributed by atoms with Gasteiger partial charge in [-0.15, -0.1) is 11.3 Å². The number of aromatic nitrogens is 2. The molecule has 0 aromatic carbocycles. The highest BCUT2D eigenvalue weighted by molar-refractivity contribution is 7.89. The minimum Gasteiger partial charge on any atom is -0.380 e. The molecule has 0 unspecified atom stereocenters. The maximum atomic E-state index is 11.8. The van der Waals surface area contributed by atoms with E-state index in [1.54, 1.807) is 0 Å². The quantitative estimate of drug-likeness (QED) is 0.696. The van der Waals surface area contributed by atoms with E-state index in [4.69, 9.17) is 9.26 Å². The average molecular weight is 343 g/mol. The third kappa shape index (κ3) is 4.60. The summed E-state index contributed by atoms with van der Waals surface area (Å²) in [6.45, 7) is 0.878. The van der Waals surface area contributed by atoms with Crippen LogP contribution < -0.4 is 4.72 Å². The molecule has 7 nitrogen and oxygen atoms in total. The van der Waals surface area contributed by atoms with Crippen molar-refractivity contribution in [3.63, 3.8) is 0 Å². The maximum absolute atomic E-state index is 11.8. The fraction of sp³-hybridized carbons (Fsp3) is 0.538. The van der Waals surface area contributed by atoms with Crippen LogP contribution in [0.5, 0.6) is 0 Å². The fourth-order valence-corrected chi connectivity index (χ4v) is 3.25. The number of nitrogens with zero attached hydrogens (tertiary/aromatic N) is 2. The van der Waals surface area contributed by atoms with E-state index in [2.05, 4.69) is 14.9 Å². The van der Waals surface area contributed by atoms with E-state index in [0.717, 1.165) is 4.88 Å². The van der Waals surface area contributed by atoms with Gasteiger partial charge in [-0.1, -0.05) is 11.2 Å². The molecule has 2 aromatic rings. The Kier molecular flexibility index (Phi) is 4.87. The molecular weight excluding hydrogens is 326 g/mol. The van der Waals surface area contributed by atoms with Crippen LogP contribution in [0.15, 0.2) is 22.0 Å². The predicted octanol–water partition coefficient (Wildman–Crippen LogP) is 1.64. The number of hydrogen-bond donors (Lipinski definition) is 1. The van der Waals surface area contributed by atoms with E-state index < -0.39 is 10.0 Å². The summed E-state index contributed by atoms with van der Waals surface area (Å²) in [6.07, 6.45) is 2.38. The Bertz CT molecular complexity index is 693. The zero-order valence-corrected chi connectivity index (χ0v) is 13.5. The Hall–Kier alpha value is -1.29. The van der Waals surface area contributed by atoms with Gasteiger partial charge in [-0.2, -0.15) is 4.98 Å². The lowest BCUT2D eigenvalue weighted by Crippen LogP contribution is -2.28. The second-order valence-electron chi connectivity index (χ2n) is 5.15. The molecule has 0 bridgehead atoms. The molecule has 1 N–H and O–H groups in total. The molecule has 0 aliphatic heterocycles. The first-order chi connectivity index (χ1) is 10.6. The molecule has 120 valence electrons. The molecule has 1 aliphatic carbocycles. The van der Waals surface area contributed by atoms with Crippen LogP contribution in [0.25, 0.3) is 10.8 Å². The third-order valence-corrected chi connectivity index (χ3v) is 5.34. The monoisotopic (exact) mass is 343 g/mol. The Morgan fingerprint density at radius 1 is 1.45 bits per heavy atom. The Labute approximate surface area is 132 Å². The van der Waals surface area contributed by atoms with Crippen LogP contribution in [0, 0.1) is 5.92 Å². The SMILES string of the molecule is O=S(=O)(CCOCC1CC1)NCc1noc(-c2cccs2)n1. The van der Waals surface area contributed by atoms with Crippen LogP contribution in [-0.4, -0.2) is 37.5 Å². The van der Waals surface area contributed by atoms with Gasteiger partial charge in [0, 0.05) is 6.61 Å². The first kappa shape index (κ1) is 15.6. The lowest BCUT2D eigenvalue weighted by atomic mass is 10.5. The summed E-state index contributed by atoms with van der Waals surface area (Å²) >= 11 is 1.48. The summed E-state index contributed by atoms with van der Waals surface area (Å²) < 4.78 is 36.5. The predicted molar refractivity (Wildman–Crippen MR) is 81.8 cm³/mol. The van der Waals surface area contributed by atoms with Gasteiger partial charge in [0.1, 0.15) is 0 Å². The molecule has 2 aromatic heterocycles. The minimum atomic E-state index is -3.40. The van der Waals surface area contributed by atoms with Crippen molar-refractivity contribution >= 4 is 21.4 Å². The lowest BCUT2D eigenvalue weighted by Gasteiger charge is -2.05. The molecule has 1 fully saturated rings. The summed E-state index contributed by atoms with van der Waals surface area (Å²) in [7, 11) is -3.40. The number of sulfonamides is 1. The molecule has 0 saturated heterocycles. The van der Waals surface area contributed by atoms with Gasteiger partial charge in [-0.25, -0.2) is 13.1 Å². The van der Waals surface area contributed by atoms with Gasteiger partial charge < -0.3 is 9.26 Å². The zero-order chi connectivity index (χ0) is 15.4. The summed E-state index contributed by atoms with van der Waals surface area (Å²) in [5, 5.41) is 5.67. The van der Waals surface area contributed by atoms with Crippen molar-refractivity contribution in [2.24, 2.45) is 5.92 Å². The first-order valence-corrected chi connectivity index (χ1v) is 9.57. The molecule has 0 spiro atoms. The Morgan fingerprint density at radius 3 is 3.05 bits per heavy atom. The first-order valence-electron chi connectivity index (χ1n) is 7.04. The standard InChI is InChI=1S/C13H17N3O4S2/c17-22(18,7-5-19-9-10-3-4-10)14-8-12-15-13(20-16-12)11-2-1-6-21-11/h1-2,6,10,14H,3-5,7-9H2. The summed E-state index contributed by atoms with van der Waals surface area (Å²) in [4.78, 5) is 5.01. The number of hydrogen-bond acceptors (Lipinski definition) is 7. The highest BCUT2D eigenvalue weighted by atomic mass is 32.2. The van der Waals surface area contributed by atoms with Crippen LogP contribution in [-0.2, 0) is 21.3 Å². The van der Waals surface area contributed by atoms with Gasteiger partial charge in [0.2, 0.25) is 10.0 Å². The largest absolute Gasteiger partial charge is 0.380 e. The minimum absolute atomic E-state index is 0.0137. The maximum Gasteiger partial charge on any atom is 0.268 e. The molecule has 9 heteroatoms. The van der Waals surface area contributed by atoms with Gasteiger partial charge in [0.15, 0.2) is 5.82 Å². The van der Waals surface area contributed by atoms with E-state index in [0.29, 0.717) is 24.2 Å². The number of thiophene rings is 1. The van der Waals surface area contributed by atoms with Crippen molar-refractivity contribution < 1.29 is 17.7 Å². The summed E-state index contributed by atoms with van der Waals surface area (Å²) in [5.74, 6) is 1.28. The highest BCUT2D eigenvalue weighted by Crippen LogP contribution is 2.28. The second kappa shape index (κ2) is 6.86. The van der Waals surface area contributed by atoms with Crippen LogP contribution >= 0.6 is 11.3 Å². The summed E-state index contributed by atoms with van der Waals surface area (Å²) in [6, 6.07) is 3.75. The number of ether oxygens (including phenoxy) is 1. The molecular formula is C13H17N3O4S2. The zero-order valence-electron chi connectivity index (χ0n) is 11.9. The van der Waals surface area contributed by atoms with E-state index in [1.807, 2.05) is 17.5 Å². The van der Waals surface area contributed by atoms with Crippen molar-refractivity contribution in [1.82, 2.24) is 14.9 Å². The number of rotatable bonds is 9. The van der Waals surface area contributed by atoms with Crippen molar-refractivity contribution in [1.29, 1.82) is 0 Å². The van der Waals surface area contributed by atoms with E-state index in [-0.39, 0.29) is 18.9 Å². The smallest absolute Gasteiger partial charge is 0.268 e. The lowest BCUT2D eigenvalue weighted by molar-refractivity contribution is 0.138. The van der Waals surface area contributed by atoms with Crippen molar-refractivity contribution in [3.05, 3.63) is 23.3 Å². The Morgan fingerprint density at radius 2 is 2.32 bits per heavy atom. The fourth-order valence-electron chi connectivity index (χ4n) is 1.78. The summed E-state index contributed by atoms with van der Waals surface area (Å²) in [5.41, 5.74) is 0. The van der Waals surface area contributed by atoms with Crippen LogP contribution in [0.2, 0.25) is 0 Å². The molecule has 2 heterocycles. The van der Waals surface area contributed by atoms with Gasteiger partial charge in [-0.3, -0.25) is 0 Å². The van der Waals surface area contributed by atoms with Gasteiger partial charge in [-0.05, 0) is 30.2 Å². The van der Waals surface area contributed by atoms with E-state index in [9.17, 15) is 8.42 Å². The third-order valence-electron chi connectivity index (χ3n) is 3.20. The molecule has 0 amide bonds. The molecule has 22 heavy (non-hydrogen) atoms. The van der Waals surface area contributed by atoms with Crippen LogP contribution in [0.3, 0.4) is 0 Å². The molecule has 1 aliphatic rings. The second-order valence-corrected chi connectivity index (χ2v) is 8.03. The van der Waals surface area contributed by atoms with E-state index in [1.165, 1.54) is 24.2 Å². The van der Waals surface area contributed by atoms with Crippen LogP contribution in [0.4, 0.5) is 0 Å². The van der Waals surface area contributed by atoms with Crippen molar-refractivity contribution in [2.75, 3.05) is 19.0 Å². The number of nitrogens with one attached hydrogen (secondary N) is 1. The molecule has 0 radical (unpaired) electrons. The van der Waals surface area contributed by atoms with Crippen molar-refractivity contribution in [2.45, 2.75) is 19.4 Å². The van der Waals surface area contributed by atoms with Crippen molar-refractivity contribution in [3.8, 4) is 10.8 Å². The molecule has 1 saturated carbocycles. The molecule has 3 rings (SSSR count). The topological polar surface area (TPSA) is 94.3 Å². The normalized spacial score (nSPS) is 15.3. The molecule has 0 atom stereocenters. The Balaban J connectivity index is 1.44. The van der Waals surface area contributed by atoms with Gasteiger partial charge in [0.05, 0.1) is 23.8 Å². The van der Waals surface area contributed by atoms with Gasteiger partial charge >= 0.3 is 0 Å². The highest BCUT2D eigenvalue weighted by Gasteiger charge is 2.21. The van der Waals surface area contributed by atoms with Gasteiger partial charge in [0.25, 0.3) is 5.89 Å². The van der Waals surface area contributed by atoms with E-state index >= 15 is 0 Å².